The molecule has 0 radical (unpaired) electrons. The molecule has 0 bridgehead atoms. The minimum absolute atomic E-state index is 0.0534. The smallest absolute Gasteiger partial charge is 0.228 e. The Morgan fingerprint density at radius 2 is 1.97 bits per heavy atom. The number of halogens is 5. The zero-order chi connectivity index (χ0) is 20.9. The number of hydrogen-bond donors (Lipinski definition) is 1. The second-order valence-corrected chi connectivity index (χ2v) is 10.5. The number of carbonyl (C=O) groups is 1. The van der Waals surface area contributed by atoms with Gasteiger partial charge < -0.3 is 5.73 Å². The van der Waals surface area contributed by atoms with E-state index in [1.165, 1.54) is 0 Å². The molecule has 2 fully saturated rings. The molecule has 0 aliphatic heterocycles. The summed E-state index contributed by atoms with van der Waals surface area (Å²) in [6.07, 6.45) is 2.96. The first-order valence-corrected chi connectivity index (χ1v) is 13.1. The Kier molecular flexibility index (Phi) is 5.80. The van der Waals surface area contributed by atoms with Gasteiger partial charge in [0.25, 0.3) is 0 Å². The molecular formula is C20H17ClF3IN2OS. The van der Waals surface area contributed by atoms with E-state index in [0.717, 1.165) is 24.7 Å². The third-order valence-electron chi connectivity index (χ3n) is 5.79. The summed E-state index contributed by atoms with van der Waals surface area (Å²) in [5.41, 5.74) is 4.75. The molecule has 154 valence electrons. The van der Waals surface area contributed by atoms with Crippen LogP contribution in [0.4, 0.5) is 13.2 Å². The first-order valence-electron chi connectivity index (χ1n) is 9.17. The van der Waals surface area contributed by atoms with E-state index < -0.39 is 28.8 Å². The van der Waals surface area contributed by atoms with Crippen LogP contribution >= 0.6 is 41.7 Å². The average molecular weight is 553 g/mol. The number of aromatic nitrogens is 1. The van der Waals surface area contributed by atoms with E-state index in [1.54, 1.807) is 15.0 Å². The summed E-state index contributed by atoms with van der Waals surface area (Å²) < 4.78 is 43.7. The highest BCUT2D eigenvalue weighted by molar-refractivity contribution is 14.2. The number of nitrogens with zero attached hydrogens (tertiary/aromatic N) is 1. The van der Waals surface area contributed by atoms with Crippen LogP contribution in [0.2, 0.25) is 5.02 Å². The maximum atomic E-state index is 15.5. The lowest BCUT2D eigenvalue weighted by Crippen LogP contribution is -2.30. The van der Waals surface area contributed by atoms with Gasteiger partial charge in [-0.3, -0.25) is 4.79 Å². The van der Waals surface area contributed by atoms with Crippen LogP contribution in [-0.2, 0) is 10.2 Å². The number of benzene rings is 1. The van der Waals surface area contributed by atoms with E-state index in [2.05, 4.69) is 26.2 Å². The molecule has 29 heavy (non-hydrogen) atoms. The fourth-order valence-corrected chi connectivity index (χ4v) is 5.68. The molecule has 4 rings (SSSR count). The normalized spacial score (nSPS) is 18.5. The van der Waals surface area contributed by atoms with E-state index in [9.17, 15) is 13.6 Å². The number of primary amides is 1. The zero-order valence-corrected chi connectivity index (χ0v) is 18.9. The van der Waals surface area contributed by atoms with Gasteiger partial charge in [-0.2, -0.15) is 0 Å². The van der Waals surface area contributed by atoms with Crippen molar-refractivity contribution in [2.45, 2.75) is 37.0 Å². The van der Waals surface area contributed by atoms with Crippen molar-refractivity contribution in [3.63, 3.8) is 0 Å². The number of hydrogen-bond acceptors (Lipinski definition) is 3. The van der Waals surface area contributed by atoms with Gasteiger partial charge in [0.1, 0.15) is 17.3 Å². The summed E-state index contributed by atoms with van der Waals surface area (Å²) in [6, 6.07) is 3.27. The topological polar surface area (TPSA) is 56.0 Å². The third-order valence-corrected chi connectivity index (χ3v) is 7.65. The van der Waals surface area contributed by atoms with Crippen molar-refractivity contribution in [1.82, 2.24) is 4.98 Å². The van der Waals surface area contributed by atoms with E-state index in [4.69, 9.17) is 17.3 Å². The van der Waals surface area contributed by atoms with Gasteiger partial charge in [-0.05, 0) is 64.9 Å². The lowest BCUT2D eigenvalue weighted by Gasteiger charge is -2.21. The van der Waals surface area contributed by atoms with Crippen LogP contribution in [-0.4, -0.2) is 16.6 Å². The van der Waals surface area contributed by atoms with Crippen LogP contribution < -0.4 is 5.73 Å². The summed E-state index contributed by atoms with van der Waals surface area (Å²) >= 11 is 8.02. The summed E-state index contributed by atoms with van der Waals surface area (Å²) in [6.45, 7) is 0. The summed E-state index contributed by atoms with van der Waals surface area (Å²) in [5.74, 6) is -2.07. The summed E-state index contributed by atoms with van der Waals surface area (Å²) in [5, 5.41) is -0.327. The molecule has 3 nitrogen and oxygen atoms in total. The molecule has 0 saturated heterocycles. The van der Waals surface area contributed by atoms with Crippen molar-refractivity contribution in [3.8, 4) is 11.3 Å². The second-order valence-electron chi connectivity index (χ2n) is 7.67. The number of rotatable bonds is 7. The molecule has 1 amide bonds. The molecule has 2 saturated carbocycles. The number of nitrogens with two attached hydrogens (primary N) is 1. The summed E-state index contributed by atoms with van der Waals surface area (Å²) in [7, 11) is 1.62. The van der Waals surface area contributed by atoms with E-state index in [-0.39, 0.29) is 27.8 Å². The van der Waals surface area contributed by atoms with Gasteiger partial charge in [0, 0.05) is 34.6 Å². The van der Waals surface area contributed by atoms with Crippen molar-refractivity contribution in [3.05, 3.63) is 51.9 Å². The number of amides is 1. The Morgan fingerprint density at radius 1 is 1.28 bits per heavy atom. The van der Waals surface area contributed by atoms with Gasteiger partial charge >= 0.3 is 0 Å². The van der Waals surface area contributed by atoms with E-state index in [1.807, 2.05) is 0 Å². The van der Waals surface area contributed by atoms with Gasteiger partial charge in [0.05, 0.1) is 10.4 Å². The van der Waals surface area contributed by atoms with E-state index >= 15 is 4.39 Å². The van der Waals surface area contributed by atoms with Gasteiger partial charge in [0.15, 0.2) is 5.82 Å². The first-order chi connectivity index (χ1) is 13.8. The van der Waals surface area contributed by atoms with Crippen molar-refractivity contribution in [2.75, 3.05) is 5.75 Å². The molecular weight excluding hydrogens is 536 g/mol. The molecule has 2 aliphatic rings. The highest BCUT2D eigenvalue weighted by Gasteiger charge is 2.52. The van der Waals surface area contributed by atoms with Crippen molar-refractivity contribution in [1.29, 1.82) is 0 Å². The van der Waals surface area contributed by atoms with E-state index in [0.29, 0.717) is 30.5 Å². The lowest BCUT2D eigenvalue weighted by atomic mass is 9.89. The molecule has 1 heterocycles. The maximum Gasteiger partial charge on any atom is 0.228 e. The Balaban J connectivity index is 1.94. The zero-order valence-electron chi connectivity index (χ0n) is 15.2. The highest BCUT2D eigenvalue weighted by atomic mass is 127. The lowest BCUT2D eigenvalue weighted by molar-refractivity contribution is -0.120. The monoisotopic (exact) mass is 552 g/mol. The van der Waals surface area contributed by atoms with Crippen LogP contribution in [0.3, 0.4) is 0 Å². The molecule has 2 aromatic rings. The molecule has 1 atom stereocenters. The minimum Gasteiger partial charge on any atom is -0.369 e. The van der Waals surface area contributed by atoms with Crippen LogP contribution in [0.15, 0.2) is 18.2 Å². The molecule has 1 unspecified atom stereocenters. The largest absolute Gasteiger partial charge is 0.369 e. The van der Waals surface area contributed by atoms with Gasteiger partial charge in [-0.25, -0.2) is 18.2 Å². The van der Waals surface area contributed by atoms with Crippen molar-refractivity contribution < 1.29 is 18.0 Å². The Morgan fingerprint density at radius 3 is 2.52 bits per heavy atom. The number of carbonyl (C=O) groups excluding carboxylic acids is 1. The average Bonchev–Trinajstić information content (AvgIpc) is 3.57. The molecule has 0 spiro atoms. The third kappa shape index (κ3) is 3.87. The van der Waals surface area contributed by atoms with Crippen molar-refractivity contribution in [2.24, 2.45) is 11.7 Å². The van der Waals surface area contributed by atoms with Crippen LogP contribution in [0.25, 0.3) is 11.3 Å². The van der Waals surface area contributed by atoms with Crippen LogP contribution in [0.1, 0.15) is 42.9 Å². The van der Waals surface area contributed by atoms with Gasteiger partial charge in [-0.1, -0.05) is 20.5 Å². The Labute approximate surface area is 187 Å². The highest BCUT2D eigenvalue weighted by Crippen LogP contribution is 2.52. The predicted molar refractivity (Wildman–Crippen MR) is 117 cm³/mol. The summed E-state index contributed by atoms with van der Waals surface area (Å²) in [4.78, 5) is 16.5. The minimum atomic E-state index is -1.09. The second kappa shape index (κ2) is 7.92. The van der Waals surface area contributed by atoms with Crippen LogP contribution in [0.5, 0.6) is 0 Å². The fourth-order valence-electron chi connectivity index (χ4n) is 3.77. The number of pyridine rings is 1. The predicted octanol–water partition coefficient (Wildman–Crippen LogP) is 5.91. The Hall–Kier alpha value is -1.00. The van der Waals surface area contributed by atoms with Gasteiger partial charge in [-0.15, -0.1) is 0 Å². The maximum absolute atomic E-state index is 15.5. The standard InChI is InChI=1S/C20H17ClF3IN2OS/c21-13-5-10(14(22)7-15(13)23)18-17(24)12(20(3-4-20)19(26)28)6-16(27-18)11(8-29-25)9-1-2-9/h5-7,9,11H,1-4,8H2,(H2,26,28). The molecule has 2 N–H and O–H groups in total. The fraction of sp³-hybridized carbons (Fsp3) is 0.400. The Bertz CT molecular complexity index is 998. The first kappa shape index (κ1) is 21.2. The molecule has 2 aliphatic carbocycles. The quantitative estimate of drug-likeness (QED) is 0.343. The van der Waals surface area contributed by atoms with Crippen molar-refractivity contribution >= 4 is 47.6 Å². The van der Waals surface area contributed by atoms with Gasteiger partial charge in [0.2, 0.25) is 5.91 Å². The molecule has 9 heteroatoms. The molecule has 1 aromatic heterocycles. The molecule has 1 aromatic carbocycles. The SMILES string of the molecule is NC(=O)C1(c2cc(C(CSI)C3CC3)nc(-c3cc(Cl)c(F)cc3F)c2F)CC1. The van der Waals surface area contributed by atoms with Crippen LogP contribution in [0, 0.1) is 23.4 Å².